The molecule has 0 aliphatic carbocycles. The lowest BCUT2D eigenvalue weighted by atomic mass is 10.2. The SMILES string of the molecule is Cc1c(Cl)cccc1Nc1nn(CN2CCN(C(=O)C3CCCO3)CC2)c(=S)s1. The van der Waals surface area contributed by atoms with Crippen molar-refractivity contribution in [1.29, 1.82) is 0 Å². The standard InChI is InChI=1S/C19H24ClN5O2S2/c1-13-14(20)4-2-5-15(13)21-18-22-25(19(28)29-18)12-23-7-9-24(10-8-23)17(26)16-6-3-11-27-16/h2,4-5,16H,3,6-12H2,1H3,(H,21,22). The third kappa shape index (κ3) is 4.80. The molecule has 1 N–H and O–H groups in total. The first-order valence-electron chi connectivity index (χ1n) is 9.74. The molecule has 2 aliphatic rings. The number of nitrogens with one attached hydrogen (secondary N) is 1. The second-order valence-electron chi connectivity index (χ2n) is 7.30. The number of anilines is 2. The molecule has 0 spiro atoms. The number of hydrogen-bond donors (Lipinski definition) is 1. The molecule has 4 rings (SSSR count). The van der Waals surface area contributed by atoms with E-state index in [1.165, 1.54) is 11.3 Å². The Morgan fingerprint density at radius 2 is 2.17 bits per heavy atom. The van der Waals surface area contributed by atoms with Crippen molar-refractivity contribution in [2.24, 2.45) is 0 Å². The number of nitrogens with zero attached hydrogens (tertiary/aromatic N) is 4. The van der Waals surface area contributed by atoms with Crippen LogP contribution in [-0.4, -0.2) is 64.4 Å². The van der Waals surface area contributed by atoms with Crippen molar-refractivity contribution in [3.05, 3.63) is 32.7 Å². The summed E-state index contributed by atoms with van der Waals surface area (Å²) in [6.45, 7) is 6.31. The number of piperazine rings is 1. The zero-order valence-corrected chi connectivity index (χ0v) is 18.7. The van der Waals surface area contributed by atoms with Gasteiger partial charge in [0, 0.05) is 43.5 Å². The Morgan fingerprint density at radius 1 is 1.38 bits per heavy atom. The van der Waals surface area contributed by atoms with Gasteiger partial charge < -0.3 is 15.0 Å². The fourth-order valence-electron chi connectivity index (χ4n) is 3.58. The number of aromatic nitrogens is 2. The number of rotatable bonds is 5. The van der Waals surface area contributed by atoms with Crippen LogP contribution >= 0.6 is 35.2 Å². The Labute approximate surface area is 184 Å². The zero-order valence-electron chi connectivity index (χ0n) is 16.3. The Bertz CT molecular complexity index is 933. The normalized spacial score (nSPS) is 20.2. The van der Waals surface area contributed by atoms with Gasteiger partial charge in [-0.05, 0) is 49.7 Å². The number of amides is 1. The van der Waals surface area contributed by atoms with Gasteiger partial charge in [0.1, 0.15) is 6.10 Å². The Hall–Kier alpha value is -1.52. The highest BCUT2D eigenvalue weighted by atomic mass is 35.5. The van der Waals surface area contributed by atoms with E-state index >= 15 is 0 Å². The van der Waals surface area contributed by atoms with E-state index in [-0.39, 0.29) is 12.0 Å². The molecular weight excluding hydrogens is 430 g/mol. The van der Waals surface area contributed by atoms with Crippen LogP contribution in [0.5, 0.6) is 0 Å². The van der Waals surface area contributed by atoms with Crippen molar-refractivity contribution in [1.82, 2.24) is 19.6 Å². The summed E-state index contributed by atoms with van der Waals surface area (Å²) >= 11 is 13.1. The van der Waals surface area contributed by atoms with Crippen molar-refractivity contribution in [3.8, 4) is 0 Å². The minimum Gasteiger partial charge on any atom is -0.368 e. The van der Waals surface area contributed by atoms with E-state index in [1.54, 1.807) is 0 Å². The lowest BCUT2D eigenvalue weighted by Crippen LogP contribution is -2.51. The van der Waals surface area contributed by atoms with Crippen LogP contribution in [0.3, 0.4) is 0 Å². The molecule has 29 heavy (non-hydrogen) atoms. The smallest absolute Gasteiger partial charge is 0.251 e. The van der Waals surface area contributed by atoms with E-state index < -0.39 is 0 Å². The fraction of sp³-hybridized carbons (Fsp3) is 0.526. The topological polar surface area (TPSA) is 62.6 Å². The van der Waals surface area contributed by atoms with E-state index in [9.17, 15) is 4.79 Å². The van der Waals surface area contributed by atoms with E-state index in [1.807, 2.05) is 34.7 Å². The summed E-state index contributed by atoms with van der Waals surface area (Å²) in [5.74, 6) is 0.135. The van der Waals surface area contributed by atoms with Gasteiger partial charge in [0.25, 0.3) is 5.91 Å². The molecule has 7 nitrogen and oxygen atoms in total. The van der Waals surface area contributed by atoms with E-state index in [0.717, 1.165) is 42.3 Å². The van der Waals surface area contributed by atoms with Crippen LogP contribution in [0.25, 0.3) is 0 Å². The summed E-state index contributed by atoms with van der Waals surface area (Å²) in [7, 11) is 0. The minimum atomic E-state index is -0.239. The predicted molar refractivity (Wildman–Crippen MR) is 118 cm³/mol. The molecule has 1 unspecified atom stereocenters. The molecule has 1 atom stereocenters. The second-order valence-corrected chi connectivity index (χ2v) is 9.33. The first-order valence-corrected chi connectivity index (χ1v) is 11.3. The molecule has 2 aromatic rings. The number of benzene rings is 1. The molecule has 2 fully saturated rings. The van der Waals surface area contributed by atoms with Crippen molar-refractivity contribution in [2.45, 2.75) is 32.5 Å². The Kier molecular flexibility index (Phi) is 6.50. The molecular formula is C19H24ClN5O2S2. The first-order chi connectivity index (χ1) is 14.0. The lowest BCUT2D eigenvalue weighted by molar-refractivity contribution is -0.142. The molecule has 0 radical (unpaired) electrons. The third-order valence-corrected chi connectivity index (χ3v) is 6.97. The lowest BCUT2D eigenvalue weighted by Gasteiger charge is -2.35. The van der Waals surface area contributed by atoms with E-state index in [4.69, 9.17) is 28.6 Å². The van der Waals surface area contributed by atoms with Crippen LogP contribution in [0.15, 0.2) is 18.2 Å². The number of carbonyl (C=O) groups excluding carboxylic acids is 1. The molecule has 2 aliphatic heterocycles. The quantitative estimate of drug-likeness (QED) is 0.697. The predicted octanol–water partition coefficient (Wildman–Crippen LogP) is 3.66. The van der Waals surface area contributed by atoms with Crippen molar-refractivity contribution in [2.75, 3.05) is 38.1 Å². The van der Waals surface area contributed by atoms with Crippen LogP contribution in [0.4, 0.5) is 10.8 Å². The summed E-state index contributed by atoms with van der Waals surface area (Å²) in [5.41, 5.74) is 1.91. The highest BCUT2D eigenvalue weighted by Crippen LogP contribution is 2.27. The maximum Gasteiger partial charge on any atom is 0.251 e. The highest BCUT2D eigenvalue weighted by Gasteiger charge is 2.30. The van der Waals surface area contributed by atoms with E-state index in [2.05, 4.69) is 15.3 Å². The number of carbonyl (C=O) groups is 1. The van der Waals surface area contributed by atoms with Crippen LogP contribution < -0.4 is 5.32 Å². The second kappa shape index (κ2) is 9.09. The van der Waals surface area contributed by atoms with Crippen LogP contribution in [0.1, 0.15) is 18.4 Å². The van der Waals surface area contributed by atoms with Gasteiger partial charge in [0.05, 0.1) is 6.67 Å². The molecule has 0 bridgehead atoms. The molecule has 156 valence electrons. The largest absolute Gasteiger partial charge is 0.368 e. The average molecular weight is 454 g/mol. The summed E-state index contributed by atoms with van der Waals surface area (Å²) in [6.07, 6.45) is 1.58. The average Bonchev–Trinajstić information content (AvgIpc) is 3.36. The molecule has 3 heterocycles. The van der Waals surface area contributed by atoms with Crippen molar-refractivity contribution >= 4 is 51.9 Å². The summed E-state index contributed by atoms with van der Waals surface area (Å²) in [4.78, 5) is 16.7. The summed E-state index contributed by atoms with van der Waals surface area (Å²) in [6, 6.07) is 5.75. The number of ether oxygens (including phenoxy) is 1. The van der Waals surface area contributed by atoms with Gasteiger partial charge in [0.15, 0.2) is 3.95 Å². The summed E-state index contributed by atoms with van der Waals surface area (Å²) < 4.78 is 8.07. The number of hydrogen-bond acceptors (Lipinski definition) is 7. The fourth-order valence-corrected chi connectivity index (χ4v) is 4.76. The third-order valence-electron chi connectivity index (χ3n) is 5.34. The molecule has 1 amide bonds. The van der Waals surface area contributed by atoms with Gasteiger partial charge in [-0.2, -0.15) is 0 Å². The van der Waals surface area contributed by atoms with Gasteiger partial charge >= 0.3 is 0 Å². The van der Waals surface area contributed by atoms with Gasteiger partial charge in [-0.25, -0.2) is 4.68 Å². The Balaban J connectivity index is 1.34. The van der Waals surface area contributed by atoms with Gasteiger partial charge in [-0.15, -0.1) is 5.10 Å². The van der Waals surface area contributed by atoms with Gasteiger partial charge in [-0.1, -0.05) is 29.0 Å². The van der Waals surface area contributed by atoms with Crippen LogP contribution in [0.2, 0.25) is 5.02 Å². The minimum absolute atomic E-state index is 0.135. The highest BCUT2D eigenvalue weighted by molar-refractivity contribution is 7.73. The summed E-state index contributed by atoms with van der Waals surface area (Å²) in [5, 5.41) is 9.40. The first kappa shape index (κ1) is 20.7. The molecule has 0 saturated carbocycles. The van der Waals surface area contributed by atoms with Gasteiger partial charge in [0.2, 0.25) is 5.13 Å². The van der Waals surface area contributed by atoms with E-state index in [0.29, 0.717) is 35.3 Å². The van der Waals surface area contributed by atoms with Crippen molar-refractivity contribution in [3.63, 3.8) is 0 Å². The van der Waals surface area contributed by atoms with Crippen LogP contribution in [-0.2, 0) is 16.2 Å². The molecule has 2 saturated heterocycles. The Morgan fingerprint density at radius 3 is 2.90 bits per heavy atom. The monoisotopic (exact) mass is 453 g/mol. The maximum atomic E-state index is 12.5. The maximum absolute atomic E-state index is 12.5. The molecule has 1 aromatic heterocycles. The number of halogens is 1. The molecule has 1 aromatic carbocycles. The van der Waals surface area contributed by atoms with Crippen LogP contribution in [0, 0.1) is 10.9 Å². The zero-order chi connectivity index (χ0) is 20.4. The molecule has 10 heteroatoms. The van der Waals surface area contributed by atoms with Gasteiger partial charge in [-0.3, -0.25) is 9.69 Å². The van der Waals surface area contributed by atoms with Crippen molar-refractivity contribution < 1.29 is 9.53 Å².